The van der Waals surface area contributed by atoms with E-state index in [-0.39, 0.29) is 11.5 Å². The Morgan fingerprint density at radius 3 is 2.58 bits per heavy atom. The number of hydrogen-bond acceptors (Lipinski definition) is 4. The number of nitrogens with zero attached hydrogens (tertiary/aromatic N) is 2. The Balaban J connectivity index is 2.33. The summed E-state index contributed by atoms with van der Waals surface area (Å²) in [6, 6.07) is 5.67. The second kappa shape index (κ2) is 5.06. The average Bonchev–Trinajstić information content (AvgIpc) is 2.79. The van der Waals surface area contributed by atoms with Crippen molar-refractivity contribution < 1.29 is 4.52 Å². The molecule has 1 unspecified atom stereocenters. The van der Waals surface area contributed by atoms with Gasteiger partial charge in [0.1, 0.15) is 0 Å². The highest BCUT2D eigenvalue weighted by atomic mass is 79.9. The molecule has 1 atom stereocenters. The quantitative estimate of drug-likeness (QED) is 0.911. The molecule has 4 nitrogen and oxygen atoms in total. The monoisotopic (exact) mass is 323 g/mol. The fourth-order valence-corrected chi connectivity index (χ4v) is 1.89. The lowest BCUT2D eigenvalue weighted by Gasteiger charge is -2.23. The molecule has 0 aliphatic carbocycles. The maximum atomic E-state index is 6.12. The molecule has 5 heteroatoms. The molecule has 2 aromatic rings. The predicted octanol–water partition coefficient (Wildman–Crippen LogP) is 3.85. The zero-order valence-electron chi connectivity index (χ0n) is 11.6. The van der Waals surface area contributed by atoms with Gasteiger partial charge in [-0.3, -0.25) is 0 Å². The van der Waals surface area contributed by atoms with Crippen LogP contribution in [0.5, 0.6) is 0 Å². The molecule has 0 amide bonds. The van der Waals surface area contributed by atoms with Gasteiger partial charge in [0.25, 0.3) is 5.89 Å². The molecule has 1 heterocycles. The van der Waals surface area contributed by atoms with Gasteiger partial charge in [-0.1, -0.05) is 41.9 Å². The van der Waals surface area contributed by atoms with Crippen molar-refractivity contribution in [3.05, 3.63) is 34.1 Å². The van der Waals surface area contributed by atoms with Gasteiger partial charge in [-0.25, -0.2) is 0 Å². The Hall–Kier alpha value is -1.20. The van der Waals surface area contributed by atoms with E-state index in [2.05, 4.69) is 46.8 Å². The smallest absolute Gasteiger partial charge is 0.257 e. The molecule has 1 aromatic carbocycles. The third-order valence-corrected chi connectivity index (χ3v) is 3.95. The maximum Gasteiger partial charge on any atom is 0.257 e. The van der Waals surface area contributed by atoms with Crippen LogP contribution in [0.3, 0.4) is 0 Å². The van der Waals surface area contributed by atoms with Crippen molar-refractivity contribution in [3.8, 4) is 11.5 Å². The zero-order valence-corrected chi connectivity index (χ0v) is 13.2. The second-order valence-electron chi connectivity index (χ2n) is 5.77. The van der Waals surface area contributed by atoms with Crippen molar-refractivity contribution in [2.75, 3.05) is 0 Å². The number of halogens is 1. The van der Waals surface area contributed by atoms with Crippen LogP contribution in [0.2, 0.25) is 0 Å². The summed E-state index contributed by atoms with van der Waals surface area (Å²) in [5, 5.41) is 3.99. The van der Waals surface area contributed by atoms with Gasteiger partial charge in [0, 0.05) is 10.0 Å². The topological polar surface area (TPSA) is 64.9 Å². The fraction of sp³-hybridized carbons (Fsp3) is 0.429. The van der Waals surface area contributed by atoms with Crippen molar-refractivity contribution >= 4 is 15.9 Å². The Labute approximate surface area is 121 Å². The van der Waals surface area contributed by atoms with Crippen molar-refractivity contribution in [1.82, 2.24) is 10.1 Å². The SMILES string of the molecule is Cc1cc(-c2nc(C(N)C(C)(C)C)no2)ccc1Br. The van der Waals surface area contributed by atoms with E-state index in [0.717, 1.165) is 15.6 Å². The maximum absolute atomic E-state index is 6.12. The van der Waals surface area contributed by atoms with Gasteiger partial charge in [-0.2, -0.15) is 4.98 Å². The van der Waals surface area contributed by atoms with Crippen LogP contribution in [-0.4, -0.2) is 10.1 Å². The second-order valence-corrected chi connectivity index (χ2v) is 6.62. The summed E-state index contributed by atoms with van der Waals surface area (Å²) in [6.07, 6.45) is 0. The molecule has 0 spiro atoms. The molecule has 0 radical (unpaired) electrons. The number of rotatable bonds is 2. The van der Waals surface area contributed by atoms with E-state index < -0.39 is 0 Å². The summed E-state index contributed by atoms with van der Waals surface area (Å²) in [6.45, 7) is 8.18. The molecule has 2 N–H and O–H groups in total. The first-order valence-electron chi connectivity index (χ1n) is 6.15. The summed E-state index contributed by atoms with van der Waals surface area (Å²) in [5.41, 5.74) is 8.05. The lowest BCUT2D eigenvalue weighted by atomic mass is 9.87. The first-order chi connectivity index (χ1) is 8.79. The van der Waals surface area contributed by atoms with E-state index in [1.165, 1.54) is 0 Å². The molecular weight excluding hydrogens is 306 g/mol. The Morgan fingerprint density at radius 1 is 1.32 bits per heavy atom. The number of aromatic nitrogens is 2. The normalized spacial score (nSPS) is 13.6. The number of hydrogen-bond donors (Lipinski definition) is 1. The first-order valence-corrected chi connectivity index (χ1v) is 6.94. The van der Waals surface area contributed by atoms with E-state index in [1.807, 2.05) is 25.1 Å². The Bertz CT molecular complexity index is 587. The molecule has 0 saturated carbocycles. The van der Waals surface area contributed by atoms with Crippen molar-refractivity contribution in [2.45, 2.75) is 33.7 Å². The third-order valence-electron chi connectivity index (χ3n) is 3.06. The van der Waals surface area contributed by atoms with Crippen molar-refractivity contribution in [1.29, 1.82) is 0 Å². The van der Waals surface area contributed by atoms with Crippen LogP contribution in [-0.2, 0) is 0 Å². The van der Waals surface area contributed by atoms with Crippen LogP contribution in [0.4, 0.5) is 0 Å². The highest BCUT2D eigenvalue weighted by Crippen LogP contribution is 2.30. The minimum atomic E-state index is -0.249. The zero-order chi connectivity index (χ0) is 14.2. The van der Waals surface area contributed by atoms with Crippen LogP contribution < -0.4 is 5.73 Å². The number of benzene rings is 1. The highest BCUT2D eigenvalue weighted by molar-refractivity contribution is 9.10. The summed E-state index contributed by atoms with van der Waals surface area (Å²) in [7, 11) is 0. The highest BCUT2D eigenvalue weighted by Gasteiger charge is 2.27. The van der Waals surface area contributed by atoms with E-state index in [1.54, 1.807) is 0 Å². The number of nitrogens with two attached hydrogens (primary N) is 1. The van der Waals surface area contributed by atoms with Crippen LogP contribution in [0.1, 0.15) is 38.2 Å². The van der Waals surface area contributed by atoms with Crippen molar-refractivity contribution in [3.63, 3.8) is 0 Å². The lowest BCUT2D eigenvalue weighted by molar-refractivity contribution is 0.303. The summed E-state index contributed by atoms with van der Waals surface area (Å²) in [5.74, 6) is 1.05. The standard InChI is InChI=1S/C14H18BrN3O/c1-8-7-9(5-6-10(8)15)13-17-12(18-19-13)11(16)14(2,3)4/h5-7,11H,16H2,1-4H3. The van der Waals surface area contributed by atoms with Gasteiger partial charge < -0.3 is 10.3 Å². The summed E-state index contributed by atoms with van der Waals surface area (Å²) < 4.78 is 6.36. The van der Waals surface area contributed by atoms with E-state index in [9.17, 15) is 0 Å². The number of aryl methyl sites for hydroxylation is 1. The molecule has 2 rings (SSSR count). The minimum Gasteiger partial charge on any atom is -0.334 e. The predicted molar refractivity (Wildman–Crippen MR) is 78.6 cm³/mol. The van der Waals surface area contributed by atoms with E-state index in [4.69, 9.17) is 10.3 Å². The molecule has 102 valence electrons. The first kappa shape index (κ1) is 14.2. The molecule has 19 heavy (non-hydrogen) atoms. The molecule has 0 fully saturated rings. The van der Waals surface area contributed by atoms with Gasteiger partial charge in [0.05, 0.1) is 6.04 Å². The lowest BCUT2D eigenvalue weighted by Crippen LogP contribution is -2.27. The average molecular weight is 324 g/mol. The van der Waals surface area contributed by atoms with Crippen LogP contribution in [0.25, 0.3) is 11.5 Å². The molecule has 1 aromatic heterocycles. The molecular formula is C14H18BrN3O. The Kier molecular flexibility index (Phi) is 3.78. The molecule has 0 bridgehead atoms. The largest absolute Gasteiger partial charge is 0.334 e. The van der Waals surface area contributed by atoms with E-state index in [0.29, 0.717) is 11.7 Å². The Morgan fingerprint density at radius 2 is 2.00 bits per heavy atom. The van der Waals surface area contributed by atoms with Crippen molar-refractivity contribution in [2.24, 2.45) is 11.1 Å². The molecule has 0 saturated heterocycles. The summed E-state index contributed by atoms with van der Waals surface area (Å²) >= 11 is 3.47. The summed E-state index contributed by atoms with van der Waals surface area (Å²) in [4.78, 5) is 4.40. The van der Waals surface area contributed by atoms with Gasteiger partial charge in [-0.15, -0.1) is 0 Å². The molecule has 0 aliphatic heterocycles. The molecule has 0 aliphatic rings. The van der Waals surface area contributed by atoms with Crippen LogP contribution in [0, 0.1) is 12.3 Å². The minimum absolute atomic E-state index is 0.100. The van der Waals surface area contributed by atoms with Gasteiger partial charge in [0.15, 0.2) is 5.82 Å². The van der Waals surface area contributed by atoms with Crippen LogP contribution >= 0.6 is 15.9 Å². The third kappa shape index (κ3) is 3.04. The van der Waals surface area contributed by atoms with Crippen LogP contribution in [0.15, 0.2) is 27.2 Å². The van der Waals surface area contributed by atoms with Gasteiger partial charge in [-0.05, 0) is 36.1 Å². The fourth-order valence-electron chi connectivity index (χ4n) is 1.64. The van der Waals surface area contributed by atoms with Gasteiger partial charge in [0.2, 0.25) is 0 Å². The van der Waals surface area contributed by atoms with Gasteiger partial charge >= 0.3 is 0 Å². The van der Waals surface area contributed by atoms with E-state index >= 15 is 0 Å².